The minimum Gasteiger partial charge on any atom is -0.496 e. The van der Waals surface area contributed by atoms with E-state index in [4.69, 9.17) is 9.26 Å². The van der Waals surface area contributed by atoms with Gasteiger partial charge >= 0.3 is 0 Å². The molecule has 1 saturated heterocycles. The Morgan fingerprint density at radius 1 is 0.969 bits per heavy atom. The second-order valence-electron chi connectivity index (χ2n) is 7.67. The first-order chi connectivity index (χ1) is 15.8. The van der Waals surface area contributed by atoms with E-state index in [2.05, 4.69) is 37.0 Å². The van der Waals surface area contributed by atoms with E-state index < -0.39 is 0 Å². The number of hydrogen-bond acceptors (Lipinski definition) is 7. The number of para-hydroxylation sites is 2. The zero-order chi connectivity index (χ0) is 21.8. The van der Waals surface area contributed by atoms with E-state index in [0.717, 1.165) is 52.6 Å². The van der Waals surface area contributed by atoms with Crippen LogP contribution in [0.5, 0.6) is 5.75 Å². The summed E-state index contributed by atoms with van der Waals surface area (Å²) in [4.78, 5) is 2.34. The van der Waals surface area contributed by atoms with Crippen LogP contribution in [0.25, 0.3) is 16.9 Å². The lowest BCUT2D eigenvalue weighted by Crippen LogP contribution is -2.31. The number of rotatable bonds is 7. The van der Waals surface area contributed by atoms with Gasteiger partial charge in [-0.05, 0) is 43.5 Å². The topological polar surface area (TPSA) is 69.2 Å². The van der Waals surface area contributed by atoms with Crippen LogP contribution in [0.3, 0.4) is 0 Å². The van der Waals surface area contributed by atoms with Gasteiger partial charge < -0.3 is 14.2 Å². The highest BCUT2D eigenvalue weighted by atomic mass is 32.2. The highest BCUT2D eigenvalue weighted by Crippen LogP contribution is 2.33. The lowest BCUT2D eigenvalue weighted by molar-refractivity contribution is 0.395. The van der Waals surface area contributed by atoms with Gasteiger partial charge in [0.25, 0.3) is 0 Å². The molecule has 2 aromatic heterocycles. The minimum absolute atomic E-state index is 0.604. The van der Waals surface area contributed by atoms with Crippen molar-refractivity contribution in [2.45, 2.75) is 30.2 Å². The van der Waals surface area contributed by atoms with E-state index in [1.165, 1.54) is 19.3 Å². The standard InChI is InChI=1S/C24H25N5O2S/c1-30-22-13-7-6-12-20(22)21-16-19(31-27-21)17-32-24-26-25-23(28-14-8-3-9-15-28)29(24)18-10-4-2-5-11-18/h2,4-7,10-13,16H,3,8-9,14-15,17H2,1H3. The number of hydrogen-bond donors (Lipinski definition) is 0. The highest BCUT2D eigenvalue weighted by Gasteiger charge is 2.22. The maximum absolute atomic E-state index is 5.61. The molecule has 1 aliphatic rings. The second-order valence-corrected chi connectivity index (χ2v) is 8.61. The molecule has 4 aromatic rings. The smallest absolute Gasteiger partial charge is 0.232 e. The average molecular weight is 448 g/mol. The Kier molecular flexibility index (Phi) is 6.11. The molecule has 1 aliphatic heterocycles. The number of aromatic nitrogens is 4. The van der Waals surface area contributed by atoms with Crippen molar-refractivity contribution in [2.75, 3.05) is 25.1 Å². The predicted octanol–water partition coefficient (Wildman–Crippen LogP) is 5.21. The summed E-state index contributed by atoms with van der Waals surface area (Å²) in [5.41, 5.74) is 2.74. The SMILES string of the molecule is COc1ccccc1-c1cc(CSc2nnc(N3CCCCC3)n2-c2ccccc2)on1. The predicted molar refractivity (Wildman–Crippen MR) is 125 cm³/mol. The Hall–Kier alpha value is -3.26. The minimum atomic E-state index is 0.604. The Morgan fingerprint density at radius 3 is 2.56 bits per heavy atom. The first-order valence-electron chi connectivity index (χ1n) is 10.8. The molecule has 8 heteroatoms. The summed E-state index contributed by atoms with van der Waals surface area (Å²) in [6.45, 7) is 2.03. The molecule has 0 unspecified atom stereocenters. The molecule has 0 radical (unpaired) electrons. The third kappa shape index (κ3) is 4.23. The lowest BCUT2D eigenvalue weighted by Gasteiger charge is -2.27. The van der Waals surface area contributed by atoms with Crippen LogP contribution in [0.1, 0.15) is 25.0 Å². The molecule has 0 atom stereocenters. The van der Waals surface area contributed by atoms with Gasteiger partial charge in [0.05, 0.1) is 18.6 Å². The molecule has 0 saturated carbocycles. The van der Waals surface area contributed by atoms with E-state index >= 15 is 0 Å². The van der Waals surface area contributed by atoms with Crippen molar-refractivity contribution in [2.24, 2.45) is 0 Å². The monoisotopic (exact) mass is 447 g/mol. The summed E-state index contributed by atoms with van der Waals surface area (Å²) < 4.78 is 13.2. The Balaban J connectivity index is 1.39. The largest absolute Gasteiger partial charge is 0.496 e. The molecule has 2 aromatic carbocycles. The van der Waals surface area contributed by atoms with Crippen LogP contribution < -0.4 is 9.64 Å². The van der Waals surface area contributed by atoms with Crippen LogP contribution in [0, 0.1) is 0 Å². The average Bonchev–Trinajstić information content (AvgIpc) is 3.51. The maximum Gasteiger partial charge on any atom is 0.232 e. The number of methoxy groups -OCH3 is 1. The summed E-state index contributed by atoms with van der Waals surface area (Å²) in [5, 5.41) is 14.2. The van der Waals surface area contributed by atoms with E-state index in [1.807, 2.05) is 48.5 Å². The number of anilines is 1. The molecule has 7 nitrogen and oxygen atoms in total. The normalized spacial score (nSPS) is 14.0. The summed E-state index contributed by atoms with van der Waals surface area (Å²) in [5.74, 6) is 3.06. The Labute approximate surface area is 191 Å². The van der Waals surface area contributed by atoms with Gasteiger partial charge in [0, 0.05) is 24.7 Å². The quantitative estimate of drug-likeness (QED) is 0.360. The lowest BCUT2D eigenvalue weighted by atomic mass is 10.1. The van der Waals surface area contributed by atoms with Crippen LogP contribution >= 0.6 is 11.8 Å². The molecule has 1 fully saturated rings. The summed E-state index contributed by atoms with van der Waals surface area (Å²) in [6.07, 6.45) is 3.65. The van der Waals surface area contributed by atoms with Gasteiger partial charge in [-0.1, -0.05) is 47.3 Å². The molecular formula is C24H25N5O2S. The van der Waals surface area contributed by atoms with E-state index in [1.54, 1.807) is 18.9 Å². The molecule has 5 rings (SSSR count). The van der Waals surface area contributed by atoms with Crippen molar-refractivity contribution < 1.29 is 9.26 Å². The van der Waals surface area contributed by atoms with Crippen molar-refractivity contribution >= 4 is 17.7 Å². The zero-order valence-electron chi connectivity index (χ0n) is 18.0. The summed E-state index contributed by atoms with van der Waals surface area (Å²) >= 11 is 1.60. The van der Waals surface area contributed by atoms with Gasteiger partial charge in [-0.25, -0.2) is 0 Å². The number of benzene rings is 2. The van der Waals surface area contributed by atoms with Gasteiger partial charge in [-0.15, -0.1) is 10.2 Å². The first-order valence-corrected chi connectivity index (χ1v) is 11.8. The molecule has 32 heavy (non-hydrogen) atoms. The third-order valence-electron chi connectivity index (χ3n) is 5.55. The van der Waals surface area contributed by atoms with Crippen LogP contribution in [-0.4, -0.2) is 40.1 Å². The molecule has 0 N–H and O–H groups in total. The third-order valence-corrected chi connectivity index (χ3v) is 6.51. The number of ether oxygens (including phenoxy) is 1. The van der Waals surface area contributed by atoms with Crippen LogP contribution in [0.4, 0.5) is 5.95 Å². The van der Waals surface area contributed by atoms with Gasteiger partial charge in [-0.2, -0.15) is 0 Å². The second kappa shape index (κ2) is 9.48. The number of piperidine rings is 1. The molecule has 0 amide bonds. The van der Waals surface area contributed by atoms with Gasteiger partial charge in [-0.3, -0.25) is 4.57 Å². The zero-order valence-corrected chi connectivity index (χ0v) is 18.8. The molecule has 0 aliphatic carbocycles. The Bertz CT molecular complexity index is 1170. The van der Waals surface area contributed by atoms with Crippen molar-refractivity contribution in [3.05, 3.63) is 66.4 Å². The van der Waals surface area contributed by atoms with Crippen molar-refractivity contribution in [3.8, 4) is 22.7 Å². The molecule has 164 valence electrons. The van der Waals surface area contributed by atoms with Crippen LogP contribution in [0.2, 0.25) is 0 Å². The summed E-state index contributed by atoms with van der Waals surface area (Å²) in [7, 11) is 1.66. The fourth-order valence-corrected chi connectivity index (χ4v) is 4.78. The maximum atomic E-state index is 5.61. The van der Waals surface area contributed by atoms with E-state index in [0.29, 0.717) is 5.75 Å². The summed E-state index contributed by atoms with van der Waals surface area (Å²) in [6, 6.07) is 20.0. The number of nitrogens with zero attached hydrogens (tertiary/aromatic N) is 5. The fraction of sp³-hybridized carbons (Fsp3) is 0.292. The number of thioether (sulfide) groups is 1. The highest BCUT2D eigenvalue weighted by molar-refractivity contribution is 7.98. The van der Waals surface area contributed by atoms with E-state index in [-0.39, 0.29) is 0 Å². The molecule has 0 spiro atoms. The van der Waals surface area contributed by atoms with Crippen LogP contribution in [-0.2, 0) is 5.75 Å². The van der Waals surface area contributed by atoms with Crippen molar-refractivity contribution in [3.63, 3.8) is 0 Å². The van der Waals surface area contributed by atoms with Crippen LogP contribution in [0.15, 0.2) is 70.3 Å². The molecule has 3 heterocycles. The Morgan fingerprint density at radius 2 is 1.75 bits per heavy atom. The van der Waals surface area contributed by atoms with Crippen molar-refractivity contribution in [1.29, 1.82) is 0 Å². The molecular weight excluding hydrogens is 422 g/mol. The van der Waals surface area contributed by atoms with E-state index in [9.17, 15) is 0 Å². The van der Waals surface area contributed by atoms with Gasteiger partial charge in [0.2, 0.25) is 5.95 Å². The first kappa shape index (κ1) is 20.6. The van der Waals surface area contributed by atoms with Crippen molar-refractivity contribution in [1.82, 2.24) is 19.9 Å². The van der Waals surface area contributed by atoms with Gasteiger partial charge in [0.15, 0.2) is 5.16 Å². The molecule has 0 bridgehead atoms. The fourth-order valence-electron chi connectivity index (χ4n) is 3.96. The van der Waals surface area contributed by atoms with Gasteiger partial charge in [0.1, 0.15) is 17.2 Å².